The van der Waals surface area contributed by atoms with Gasteiger partial charge in [-0.15, -0.1) is 0 Å². The number of nitrogens with zero attached hydrogens (tertiary/aromatic N) is 2. The smallest absolute Gasteiger partial charge is 0.258 e. The van der Waals surface area contributed by atoms with Crippen LogP contribution in [0.4, 0.5) is 0 Å². The summed E-state index contributed by atoms with van der Waals surface area (Å²) < 4.78 is 12.6. The van der Waals surface area contributed by atoms with Gasteiger partial charge in [0.25, 0.3) is 5.89 Å². The molecule has 138 valence electrons. The van der Waals surface area contributed by atoms with Crippen LogP contribution < -0.4 is 4.74 Å². The highest BCUT2D eigenvalue weighted by molar-refractivity contribution is 9.10. The lowest BCUT2D eigenvalue weighted by Crippen LogP contribution is -1.99. The molecule has 27 heavy (non-hydrogen) atoms. The minimum Gasteiger partial charge on any atom is -0.457 e. The fraction of sp³-hybridized carbons (Fsp3) is 0.182. The van der Waals surface area contributed by atoms with Crippen molar-refractivity contribution in [3.8, 4) is 17.2 Å². The molecule has 1 heterocycles. The van der Waals surface area contributed by atoms with E-state index in [9.17, 15) is 0 Å². The standard InChI is InChI=1S/C22H21BrN2O2/c1-5-7-21(20-13-18(23)9-8-14(20)3)26-19-11-16(6-2)10-17(12-19)22-24-15(4)25-27-22/h5,7-13H,1,6H2,2-4H3/b21-7+. The Morgan fingerprint density at radius 2 is 2.04 bits per heavy atom. The van der Waals surface area contributed by atoms with Gasteiger partial charge in [-0.1, -0.05) is 46.7 Å². The van der Waals surface area contributed by atoms with E-state index in [1.807, 2.05) is 36.4 Å². The first kappa shape index (κ1) is 19.1. The molecule has 0 bridgehead atoms. The zero-order valence-electron chi connectivity index (χ0n) is 15.6. The zero-order chi connectivity index (χ0) is 19.4. The Labute approximate surface area is 167 Å². The summed E-state index contributed by atoms with van der Waals surface area (Å²) in [5.41, 5.74) is 4.09. The molecule has 0 saturated heterocycles. The molecular weight excluding hydrogens is 404 g/mol. The second kappa shape index (κ2) is 8.35. The fourth-order valence-corrected chi connectivity index (χ4v) is 3.10. The SMILES string of the molecule is C=C/C=C(/Oc1cc(CC)cc(-c2nc(C)no2)c1)c1cc(Br)ccc1C. The number of halogens is 1. The van der Waals surface area contributed by atoms with Crippen molar-refractivity contribution in [3.63, 3.8) is 0 Å². The molecule has 0 fully saturated rings. The lowest BCUT2D eigenvalue weighted by molar-refractivity contribution is 0.425. The van der Waals surface area contributed by atoms with Crippen LogP contribution in [0.15, 0.2) is 64.1 Å². The third-order valence-electron chi connectivity index (χ3n) is 4.11. The maximum Gasteiger partial charge on any atom is 0.258 e. The van der Waals surface area contributed by atoms with Crippen LogP contribution in [-0.4, -0.2) is 10.1 Å². The van der Waals surface area contributed by atoms with E-state index in [0.717, 1.165) is 38.9 Å². The number of rotatable bonds is 6. The molecule has 5 heteroatoms. The zero-order valence-corrected chi connectivity index (χ0v) is 17.2. The van der Waals surface area contributed by atoms with Crippen LogP contribution in [0.25, 0.3) is 17.2 Å². The maximum absolute atomic E-state index is 6.27. The Morgan fingerprint density at radius 1 is 1.22 bits per heavy atom. The van der Waals surface area contributed by atoms with E-state index in [4.69, 9.17) is 9.26 Å². The minimum atomic E-state index is 0.487. The molecule has 0 unspecified atom stereocenters. The molecule has 0 N–H and O–H groups in total. The summed E-state index contributed by atoms with van der Waals surface area (Å²) in [6.07, 6.45) is 4.46. The van der Waals surface area contributed by atoms with Crippen molar-refractivity contribution in [3.05, 3.63) is 82.1 Å². The number of allylic oxidation sites excluding steroid dienone is 2. The van der Waals surface area contributed by atoms with Gasteiger partial charge < -0.3 is 9.26 Å². The highest BCUT2D eigenvalue weighted by Crippen LogP contribution is 2.30. The summed E-state index contributed by atoms with van der Waals surface area (Å²) in [5, 5.41) is 3.88. The normalized spacial score (nSPS) is 11.5. The van der Waals surface area contributed by atoms with Crippen LogP contribution >= 0.6 is 15.9 Å². The third-order valence-corrected chi connectivity index (χ3v) is 4.60. The predicted octanol–water partition coefficient (Wildman–Crippen LogP) is 6.28. The quantitative estimate of drug-likeness (QED) is 0.344. The Bertz CT molecular complexity index is 1010. The Kier molecular flexibility index (Phi) is 5.91. The van der Waals surface area contributed by atoms with Crippen molar-refractivity contribution < 1.29 is 9.26 Å². The highest BCUT2D eigenvalue weighted by Gasteiger charge is 2.13. The molecule has 0 radical (unpaired) electrons. The lowest BCUT2D eigenvalue weighted by Gasteiger charge is -2.14. The first-order valence-electron chi connectivity index (χ1n) is 8.72. The van der Waals surface area contributed by atoms with Crippen molar-refractivity contribution in [1.82, 2.24) is 10.1 Å². The monoisotopic (exact) mass is 424 g/mol. The van der Waals surface area contributed by atoms with Crippen LogP contribution in [0.3, 0.4) is 0 Å². The molecule has 1 aromatic heterocycles. The van der Waals surface area contributed by atoms with Crippen LogP contribution in [0.5, 0.6) is 5.75 Å². The van der Waals surface area contributed by atoms with Gasteiger partial charge in [0.05, 0.1) is 0 Å². The van der Waals surface area contributed by atoms with Gasteiger partial charge in [-0.3, -0.25) is 0 Å². The van der Waals surface area contributed by atoms with Gasteiger partial charge in [-0.25, -0.2) is 0 Å². The summed E-state index contributed by atoms with van der Waals surface area (Å²) in [7, 11) is 0. The summed E-state index contributed by atoms with van der Waals surface area (Å²) in [6.45, 7) is 9.77. The number of benzene rings is 2. The van der Waals surface area contributed by atoms with Gasteiger partial charge in [0.1, 0.15) is 11.5 Å². The van der Waals surface area contributed by atoms with E-state index in [-0.39, 0.29) is 0 Å². The molecule has 0 aliphatic carbocycles. The molecule has 0 aliphatic rings. The number of aryl methyl sites for hydroxylation is 3. The van der Waals surface area contributed by atoms with Crippen molar-refractivity contribution >= 4 is 21.7 Å². The van der Waals surface area contributed by atoms with E-state index < -0.39 is 0 Å². The summed E-state index contributed by atoms with van der Waals surface area (Å²) in [5.74, 6) is 2.53. The molecule has 0 atom stereocenters. The second-order valence-corrected chi connectivity index (χ2v) is 7.11. The first-order chi connectivity index (χ1) is 13.0. The van der Waals surface area contributed by atoms with Crippen molar-refractivity contribution in [1.29, 1.82) is 0 Å². The second-order valence-electron chi connectivity index (χ2n) is 6.19. The van der Waals surface area contributed by atoms with Gasteiger partial charge in [0.2, 0.25) is 0 Å². The third kappa shape index (κ3) is 4.55. The van der Waals surface area contributed by atoms with Crippen LogP contribution in [0.1, 0.15) is 29.4 Å². The lowest BCUT2D eigenvalue weighted by atomic mass is 10.1. The van der Waals surface area contributed by atoms with Crippen molar-refractivity contribution in [2.75, 3.05) is 0 Å². The molecule has 3 aromatic rings. The average molecular weight is 425 g/mol. The molecule has 3 rings (SSSR count). The largest absolute Gasteiger partial charge is 0.457 e. The summed E-state index contributed by atoms with van der Waals surface area (Å²) in [4.78, 5) is 4.33. The van der Waals surface area contributed by atoms with E-state index in [1.54, 1.807) is 13.0 Å². The number of hydrogen-bond acceptors (Lipinski definition) is 4. The summed E-state index contributed by atoms with van der Waals surface area (Å²) >= 11 is 3.53. The first-order valence-corrected chi connectivity index (χ1v) is 9.51. The number of hydrogen-bond donors (Lipinski definition) is 0. The highest BCUT2D eigenvalue weighted by atomic mass is 79.9. The minimum absolute atomic E-state index is 0.487. The van der Waals surface area contributed by atoms with Gasteiger partial charge in [-0.2, -0.15) is 4.98 Å². The fourth-order valence-electron chi connectivity index (χ4n) is 2.73. The van der Waals surface area contributed by atoms with E-state index in [2.05, 4.69) is 52.6 Å². The molecule has 4 nitrogen and oxygen atoms in total. The van der Waals surface area contributed by atoms with E-state index in [0.29, 0.717) is 17.5 Å². The van der Waals surface area contributed by atoms with E-state index >= 15 is 0 Å². The van der Waals surface area contributed by atoms with E-state index in [1.165, 1.54) is 0 Å². The van der Waals surface area contributed by atoms with Gasteiger partial charge >= 0.3 is 0 Å². The Morgan fingerprint density at radius 3 is 2.70 bits per heavy atom. The van der Waals surface area contributed by atoms with Crippen LogP contribution in [0, 0.1) is 13.8 Å². The average Bonchev–Trinajstić information content (AvgIpc) is 3.09. The molecule has 0 amide bonds. The molecule has 0 saturated carbocycles. The number of ether oxygens (including phenoxy) is 1. The van der Waals surface area contributed by atoms with Crippen molar-refractivity contribution in [2.45, 2.75) is 27.2 Å². The maximum atomic E-state index is 6.27. The van der Waals surface area contributed by atoms with Gasteiger partial charge in [0, 0.05) is 15.6 Å². The van der Waals surface area contributed by atoms with Crippen LogP contribution in [-0.2, 0) is 6.42 Å². The van der Waals surface area contributed by atoms with Gasteiger partial charge in [-0.05, 0) is 67.8 Å². The summed E-state index contributed by atoms with van der Waals surface area (Å²) in [6, 6.07) is 12.1. The van der Waals surface area contributed by atoms with Crippen LogP contribution in [0.2, 0.25) is 0 Å². The van der Waals surface area contributed by atoms with Gasteiger partial charge in [0.15, 0.2) is 5.82 Å². The number of aromatic nitrogens is 2. The molecule has 0 spiro atoms. The topological polar surface area (TPSA) is 48.2 Å². The molecule has 2 aromatic carbocycles. The molecular formula is C22H21BrN2O2. The Hall–Kier alpha value is -2.66. The van der Waals surface area contributed by atoms with Crippen molar-refractivity contribution in [2.24, 2.45) is 0 Å². The molecule has 0 aliphatic heterocycles. The predicted molar refractivity (Wildman–Crippen MR) is 112 cm³/mol. The Balaban J connectivity index is 2.03.